The molecule has 0 fully saturated rings. The Labute approximate surface area is 86.5 Å². The van der Waals surface area contributed by atoms with E-state index < -0.39 is 23.9 Å². The van der Waals surface area contributed by atoms with Gasteiger partial charge in [0, 0.05) is 12.8 Å². The average molecular weight is 221 g/mol. The van der Waals surface area contributed by atoms with Gasteiger partial charge in [-0.25, -0.2) is 0 Å². The van der Waals surface area contributed by atoms with Crippen LogP contribution in [-0.4, -0.2) is 39.3 Å². The molecule has 5 N–H and O–H groups in total. The molecule has 0 rings (SSSR count). The molecule has 7 nitrogen and oxygen atoms in total. The second-order valence-electron chi connectivity index (χ2n) is 2.77. The van der Waals surface area contributed by atoms with E-state index in [0.29, 0.717) is 0 Å². The predicted molar refractivity (Wildman–Crippen MR) is 50.4 cm³/mol. The molecule has 15 heavy (non-hydrogen) atoms. The van der Waals surface area contributed by atoms with Gasteiger partial charge in [-0.2, -0.15) is 0 Å². The molecule has 0 spiro atoms. The van der Waals surface area contributed by atoms with E-state index in [9.17, 15) is 14.4 Å². The second kappa shape index (κ2) is 8.95. The van der Waals surface area contributed by atoms with Crippen molar-refractivity contribution in [1.82, 2.24) is 0 Å². The molecular weight excluding hydrogens is 206 g/mol. The minimum atomic E-state index is -0.963. The first-order valence-electron chi connectivity index (χ1n) is 4.19. The summed E-state index contributed by atoms with van der Waals surface area (Å²) in [6.45, 7) is 1.42. The van der Waals surface area contributed by atoms with Crippen LogP contribution in [0.3, 0.4) is 0 Å². The van der Waals surface area contributed by atoms with Gasteiger partial charge in [0.25, 0.3) is 0 Å². The number of carbonyl (C=O) groups is 3. The summed E-state index contributed by atoms with van der Waals surface area (Å²) in [5.41, 5.74) is 4.84. The van der Waals surface area contributed by atoms with Gasteiger partial charge >= 0.3 is 17.9 Å². The summed E-state index contributed by atoms with van der Waals surface area (Å²) in [6, 6.07) is -0.731. The van der Waals surface area contributed by atoms with Crippen molar-refractivity contribution in [2.45, 2.75) is 32.2 Å². The van der Waals surface area contributed by atoms with E-state index in [1.165, 1.54) is 6.92 Å². The van der Waals surface area contributed by atoms with E-state index in [0.717, 1.165) is 0 Å². The third-order valence-electron chi connectivity index (χ3n) is 1.17. The van der Waals surface area contributed by atoms with Crippen molar-refractivity contribution in [2.24, 2.45) is 5.73 Å². The van der Waals surface area contributed by atoms with Crippen LogP contribution in [0.15, 0.2) is 0 Å². The lowest BCUT2D eigenvalue weighted by molar-refractivity contribution is -0.139. The first-order chi connectivity index (χ1) is 6.77. The Morgan fingerprint density at radius 3 is 1.47 bits per heavy atom. The molecule has 0 amide bonds. The van der Waals surface area contributed by atoms with Gasteiger partial charge < -0.3 is 21.1 Å². The summed E-state index contributed by atoms with van der Waals surface area (Å²) >= 11 is 0. The van der Waals surface area contributed by atoms with Gasteiger partial charge in [0.2, 0.25) is 0 Å². The zero-order valence-corrected chi connectivity index (χ0v) is 8.34. The van der Waals surface area contributed by atoms with E-state index in [-0.39, 0.29) is 19.3 Å². The quantitative estimate of drug-likeness (QED) is 0.501. The fraction of sp³-hybridized carbons (Fsp3) is 0.625. The maximum Gasteiger partial charge on any atom is 0.320 e. The molecule has 0 aromatic rings. The molecule has 0 radical (unpaired) electrons. The number of carboxylic acids is 3. The maximum absolute atomic E-state index is 9.79. The SMILES string of the molecule is C[C@@H](N)C(=O)O.O=C(O)CCCC(=O)O. The van der Waals surface area contributed by atoms with Gasteiger partial charge in [0.1, 0.15) is 6.04 Å². The molecule has 88 valence electrons. The van der Waals surface area contributed by atoms with Crippen LogP contribution >= 0.6 is 0 Å². The number of hydrogen-bond donors (Lipinski definition) is 4. The van der Waals surface area contributed by atoms with Crippen molar-refractivity contribution >= 4 is 17.9 Å². The maximum atomic E-state index is 9.79. The summed E-state index contributed by atoms with van der Waals surface area (Å²) in [4.78, 5) is 29.1. The van der Waals surface area contributed by atoms with Gasteiger partial charge in [0.15, 0.2) is 0 Å². The number of aliphatic carboxylic acids is 3. The lowest BCUT2D eigenvalue weighted by atomic mass is 10.2. The summed E-state index contributed by atoms with van der Waals surface area (Å²) in [5, 5.41) is 23.9. The molecule has 1 atom stereocenters. The fourth-order valence-electron chi connectivity index (χ4n) is 0.391. The van der Waals surface area contributed by atoms with Crippen LogP contribution in [0.4, 0.5) is 0 Å². The molecule has 0 aromatic heterocycles. The van der Waals surface area contributed by atoms with Crippen molar-refractivity contribution in [3.05, 3.63) is 0 Å². The van der Waals surface area contributed by atoms with Crippen molar-refractivity contribution in [3.63, 3.8) is 0 Å². The minimum Gasteiger partial charge on any atom is -0.481 e. The molecule has 0 unspecified atom stereocenters. The van der Waals surface area contributed by atoms with E-state index in [1.54, 1.807) is 0 Å². The Balaban J connectivity index is 0. The van der Waals surface area contributed by atoms with Crippen LogP contribution < -0.4 is 5.73 Å². The summed E-state index contributed by atoms with van der Waals surface area (Å²) in [6.07, 6.45) is 0.0866. The Morgan fingerprint density at radius 1 is 1.07 bits per heavy atom. The van der Waals surface area contributed by atoms with Gasteiger partial charge in [-0.15, -0.1) is 0 Å². The third kappa shape index (κ3) is 19.0. The van der Waals surface area contributed by atoms with Crippen LogP contribution in [0.5, 0.6) is 0 Å². The van der Waals surface area contributed by atoms with E-state index in [2.05, 4.69) is 0 Å². The van der Waals surface area contributed by atoms with Gasteiger partial charge in [-0.1, -0.05) is 0 Å². The predicted octanol–water partition coefficient (Wildman–Crippen LogP) is -0.256. The second-order valence-corrected chi connectivity index (χ2v) is 2.77. The molecule has 0 aromatic carbocycles. The van der Waals surface area contributed by atoms with Crippen molar-refractivity contribution in [1.29, 1.82) is 0 Å². The normalized spacial score (nSPS) is 10.8. The van der Waals surface area contributed by atoms with E-state index in [4.69, 9.17) is 21.1 Å². The number of rotatable bonds is 5. The zero-order valence-electron chi connectivity index (χ0n) is 8.34. The van der Waals surface area contributed by atoms with Gasteiger partial charge in [-0.05, 0) is 13.3 Å². The number of nitrogens with two attached hydrogens (primary N) is 1. The van der Waals surface area contributed by atoms with Crippen LogP contribution in [0.25, 0.3) is 0 Å². The van der Waals surface area contributed by atoms with Crippen molar-refractivity contribution in [3.8, 4) is 0 Å². The summed E-state index contributed by atoms with van der Waals surface area (Å²) < 4.78 is 0. The molecule has 0 saturated heterocycles. The average Bonchev–Trinajstić information content (AvgIpc) is 2.03. The molecule has 0 heterocycles. The molecule has 0 saturated carbocycles. The fourth-order valence-corrected chi connectivity index (χ4v) is 0.391. The van der Waals surface area contributed by atoms with Crippen LogP contribution in [0, 0.1) is 0 Å². The highest BCUT2D eigenvalue weighted by molar-refractivity contribution is 5.72. The first-order valence-corrected chi connectivity index (χ1v) is 4.19. The van der Waals surface area contributed by atoms with Gasteiger partial charge in [-0.3, -0.25) is 14.4 Å². The monoisotopic (exact) mass is 221 g/mol. The van der Waals surface area contributed by atoms with Crippen LogP contribution in [0.2, 0.25) is 0 Å². The molecule has 0 aliphatic carbocycles. The van der Waals surface area contributed by atoms with Crippen LogP contribution in [-0.2, 0) is 14.4 Å². The molecular formula is C8H15NO6. The highest BCUT2D eigenvalue weighted by atomic mass is 16.4. The standard InChI is InChI=1S/C5H8O4.C3H7NO2/c6-4(7)2-1-3-5(8)9;1-2(4)3(5)6/h1-3H2,(H,6,7)(H,8,9);2H,4H2,1H3,(H,5,6)/t;2-/m.1/s1. The van der Waals surface area contributed by atoms with Crippen molar-refractivity contribution in [2.75, 3.05) is 0 Å². The third-order valence-corrected chi connectivity index (χ3v) is 1.17. The highest BCUT2D eigenvalue weighted by Gasteiger charge is 2.00. The Morgan fingerprint density at radius 2 is 1.33 bits per heavy atom. The Bertz CT molecular complexity index is 211. The van der Waals surface area contributed by atoms with E-state index >= 15 is 0 Å². The van der Waals surface area contributed by atoms with Crippen molar-refractivity contribution < 1.29 is 29.7 Å². The van der Waals surface area contributed by atoms with Crippen LogP contribution in [0.1, 0.15) is 26.2 Å². The molecule has 0 aliphatic rings. The lowest BCUT2D eigenvalue weighted by Gasteiger charge is -1.90. The number of hydrogen-bond acceptors (Lipinski definition) is 4. The van der Waals surface area contributed by atoms with Gasteiger partial charge in [0.05, 0.1) is 0 Å². The Hall–Kier alpha value is -1.63. The number of carboxylic acid groups (broad SMARTS) is 3. The zero-order chi connectivity index (χ0) is 12.4. The summed E-state index contributed by atoms with van der Waals surface area (Å²) in [7, 11) is 0. The molecule has 0 bridgehead atoms. The largest absolute Gasteiger partial charge is 0.481 e. The lowest BCUT2D eigenvalue weighted by Crippen LogP contribution is -2.25. The smallest absolute Gasteiger partial charge is 0.320 e. The first kappa shape index (κ1) is 15.8. The highest BCUT2D eigenvalue weighted by Crippen LogP contribution is 1.93. The molecule has 0 aliphatic heterocycles. The van der Waals surface area contributed by atoms with E-state index in [1.807, 2.05) is 0 Å². The Kier molecular flexibility index (Phi) is 9.44. The summed E-state index contributed by atoms with van der Waals surface area (Å²) in [5.74, 6) is -2.86. The topological polar surface area (TPSA) is 138 Å². The molecule has 7 heteroatoms. The minimum absolute atomic E-state index is 0.0632.